The van der Waals surface area contributed by atoms with Crippen molar-refractivity contribution >= 4 is 46.4 Å². The molecule has 2 rings (SSSR count). The zero-order valence-electron chi connectivity index (χ0n) is 11.2. The summed E-state index contributed by atoms with van der Waals surface area (Å²) in [7, 11) is 0. The van der Waals surface area contributed by atoms with E-state index in [1.807, 2.05) is 24.3 Å². The van der Waals surface area contributed by atoms with Gasteiger partial charge in [-0.05, 0) is 48.7 Å². The Balaban J connectivity index is 2.12. The zero-order valence-corrected chi connectivity index (χ0v) is 13.5. The fourth-order valence-electron chi connectivity index (χ4n) is 1.95. The number of anilines is 1. The van der Waals surface area contributed by atoms with Crippen LogP contribution >= 0.6 is 34.8 Å². The number of carbonyl (C=O) groups is 1. The van der Waals surface area contributed by atoms with E-state index in [9.17, 15) is 4.79 Å². The van der Waals surface area contributed by atoms with Gasteiger partial charge in [-0.15, -0.1) is 11.6 Å². The van der Waals surface area contributed by atoms with Gasteiger partial charge < -0.3 is 5.32 Å². The van der Waals surface area contributed by atoms with Crippen LogP contribution in [0.1, 0.15) is 22.3 Å². The second-order valence-electron chi connectivity index (χ2n) is 4.57. The molecular formula is C16H14Cl3NO. The van der Waals surface area contributed by atoms with Gasteiger partial charge in [-0.3, -0.25) is 4.79 Å². The van der Waals surface area contributed by atoms with Crippen molar-refractivity contribution in [1.82, 2.24) is 0 Å². The first-order valence-corrected chi connectivity index (χ1v) is 7.80. The summed E-state index contributed by atoms with van der Waals surface area (Å²) in [5, 5.41) is 3.67. The van der Waals surface area contributed by atoms with Crippen molar-refractivity contribution in [1.29, 1.82) is 0 Å². The van der Waals surface area contributed by atoms with Crippen LogP contribution in [0.2, 0.25) is 10.0 Å². The molecule has 0 aromatic heterocycles. The number of hydrogen-bond donors (Lipinski definition) is 1. The van der Waals surface area contributed by atoms with Crippen molar-refractivity contribution in [3.05, 3.63) is 63.6 Å². The van der Waals surface area contributed by atoms with Crippen LogP contribution in [0.4, 0.5) is 5.69 Å². The molecule has 0 saturated heterocycles. The quantitative estimate of drug-likeness (QED) is 0.722. The molecule has 0 aliphatic heterocycles. The van der Waals surface area contributed by atoms with Gasteiger partial charge in [0.05, 0.1) is 10.6 Å². The van der Waals surface area contributed by atoms with E-state index in [2.05, 4.69) is 5.32 Å². The summed E-state index contributed by atoms with van der Waals surface area (Å²) in [5.41, 5.74) is 2.26. The largest absolute Gasteiger partial charge is 0.322 e. The van der Waals surface area contributed by atoms with E-state index in [1.54, 1.807) is 18.2 Å². The van der Waals surface area contributed by atoms with E-state index in [1.165, 1.54) is 0 Å². The first-order valence-electron chi connectivity index (χ1n) is 6.51. The molecule has 1 N–H and O–H groups in total. The fraction of sp³-hybridized carbons (Fsp3) is 0.188. The van der Waals surface area contributed by atoms with Crippen molar-refractivity contribution in [2.24, 2.45) is 0 Å². The van der Waals surface area contributed by atoms with Gasteiger partial charge in [0.2, 0.25) is 0 Å². The summed E-state index contributed by atoms with van der Waals surface area (Å²) >= 11 is 17.5. The number of aryl methyl sites for hydroxylation is 1. The molecule has 1 amide bonds. The molecule has 0 atom stereocenters. The number of alkyl halides is 1. The summed E-state index contributed by atoms with van der Waals surface area (Å²) in [6.45, 7) is 0. The van der Waals surface area contributed by atoms with Gasteiger partial charge >= 0.3 is 0 Å². The third-order valence-electron chi connectivity index (χ3n) is 2.96. The average Bonchev–Trinajstić information content (AvgIpc) is 2.45. The topological polar surface area (TPSA) is 29.1 Å². The van der Waals surface area contributed by atoms with Crippen LogP contribution in [-0.4, -0.2) is 11.8 Å². The lowest BCUT2D eigenvalue weighted by Gasteiger charge is -2.08. The van der Waals surface area contributed by atoms with Crippen molar-refractivity contribution in [3.63, 3.8) is 0 Å². The standard InChI is InChI=1S/C16H14Cl3NO/c17-8-2-4-11-3-1-5-13(9-11)20-16(21)14-7-6-12(18)10-15(14)19/h1,3,5-7,9-10H,2,4,8H2,(H,20,21). The highest BCUT2D eigenvalue weighted by molar-refractivity contribution is 6.37. The Hall–Kier alpha value is -1.22. The van der Waals surface area contributed by atoms with Gasteiger partial charge in [-0.1, -0.05) is 35.3 Å². The summed E-state index contributed by atoms with van der Waals surface area (Å²) in [5.74, 6) is 0.364. The van der Waals surface area contributed by atoms with E-state index in [0.717, 1.165) is 24.1 Å². The van der Waals surface area contributed by atoms with Gasteiger partial charge in [0, 0.05) is 16.6 Å². The maximum absolute atomic E-state index is 12.2. The third kappa shape index (κ3) is 4.63. The van der Waals surface area contributed by atoms with E-state index >= 15 is 0 Å². The summed E-state index contributed by atoms with van der Waals surface area (Å²) in [6, 6.07) is 12.5. The lowest BCUT2D eigenvalue weighted by Crippen LogP contribution is -2.12. The molecule has 0 fully saturated rings. The molecule has 2 aromatic carbocycles. The number of nitrogens with one attached hydrogen (secondary N) is 1. The summed E-state index contributed by atoms with van der Waals surface area (Å²) < 4.78 is 0. The van der Waals surface area contributed by atoms with Crippen LogP contribution in [0.25, 0.3) is 0 Å². The second kappa shape index (κ2) is 7.69. The van der Waals surface area contributed by atoms with Gasteiger partial charge in [-0.2, -0.15) is 0 Å². The molecule has 0 bridgehead atoms. The molecule has 0 heterocycles. The minimum Gasteiger partial charge on any atom is -0.322 e. The van der Waals surface area contributed by atoms with Crippen LogP contribution in [0, 0.1) is 0 Å². The summed E-state index contributed by atoms with van der Waals surface area (Å²) in [6.07, 6.45) is 1.79. The molecular weight excluding hydrogens is 329 g/mol. The Morgan fingerprint density at radius 1 is 1.10 bits per heavy atom. The Kier molecular flexibility index (Phi) is 5.92. The van der Waals surface area contributed by atoms with Crippen LogP contribution in [0.5, 0.6) is 0 Å². The fourth-order valence-corrected chi connectivity index (χ4v) is 2.58. The van der Waals surface area contributed by atoms with E-state index in [-0.39, 0.29) is 5.91 Å². The maximum Gasteiger partial charge on any atom is 0.257 e. The van der Waals surface area contributed by atoms with Crippen molar-refractivity contribution in [3.8, 4) is 0 Å². The van der Waals surface area contributed by atoms with E-state index in [4.69, 9.17) is 34.8 Å². The van der Waals surface area contributed by atoms with Crippen molar-refractivity contribution in [2.75, 3.05) is 11.2 Å². The first kappa shape index (κ1) is 16.2. The third-order valence-corrected chi connectivity index (χ3v) is 3.77. The molecule has 0 aliphatic carbocycles. The molecule has 110 valence electrons. The van der Waals surface area contributed by atoms with E-state index < -0.39 is 0 Å². The number of hydrogen-bond acceptors (Lipinski definition) is 1. The Labute approximate surface area is 139 Å². The summed E-state index contributed by atoms with van der Waals surface area (Å²) in [4.78, 5) is 12.2. The van der Waals surface area contributed by atoms with Crippen molar-refractivity contribution in [2.45, 2.75) is 12.8 Å². The van der Waals surface area contributed by atoms with Gasteiger partial charge in [0.15, 0.2) is 0 Å². The van der Waals surface area contributed by atoms with Crippen LogP contribution in [-0.2, 0) is 6.42 Å². The van der Waals surface area contributed by atoms with Gasteiger partial charge in [0.25, 0.3) is 5.91 Å². The minimum absolute atomic E-state index is 0.258. The Bertz CT molecular complexity index is 643. The SMILES string of the molecule is O=C(Nc1cccc(CCCCl)c1)c1ccc(Cl)cc1Cl. The second-order valence-corrected chi connectivity index (χ2v) is 5.79. The van der Waals surface area contributed by atoms with Gasteiger partial charge in [-0.25, -0.2) is 0 Å². The van der Waals surface area contributed by atoms with Crippen LogP contribution < -0.4 is 5.32 Å². The average molecular weight is 343 g/mol. The lowest BCUT2D eigenvalue weighted by molar-refractivity contribution is 0.102. The Morgan fingerprint density at radius 2 is 1.90 bits per heavy atom. The Morgan fingerprint density at radius 3 is 2.62 bits per heavy atom. The number of amides is 1. The molecule has 2 nitrogen and oxygen atoms in total. The highest BCUT2D eigenvalue weighted by Gasteiger charge is 2.11. The molecule has 0 aliphatic rings. The molecule has 0 saturated carbocycles. The highest BCUT2D eigenvalue weighted by Crippen LogP contribution is 2.22. The molecule has 0 spiro atoms. The molecule has 0 radical (unpaired) electrons. The lowest BCUT2D eigenvalue weighted by atomic mass is 10.1. The molecule has 2 aromatic rings. The number of benzene rings is 2. The predicted molar refractivity (Wildman–Crippen MR) is 89.9 cm³/mol. The number of halogens is 3. The first-order chi connectivity index (χ1) is 10.1. The van der Waals surface area contributed by atoms with Crippen LogP contribution in [0.3, 0.4) is 0 Å². The van der Waals surface area contributed by atoms with E-state index in [0.29, 0.717) is 21.5 Å². The monoisotopic (exact) mass is 341 g/mol. The molecule has 21 heavy (non-hydrogen) atoms. The predicted octanol–water partition coefficient (Wildman–Crippen LogP) is 5.42. The highest BCUT2D eigenvalue weighted by atomic mass is 35.5. The normalized spacial score (nSPS) is 10.4. The number of carbonyl (C=O) groups excluding carboxylic acids is 1. The van der Waals surface area contributed by atoms with Crippen LogP contribution in [0.15, 0.2) is 42.5 Å². The van der Waals surface area contributed by atoms with Gasteiger partial charge in [0.1, 0.15) is 0 Å². The number of rotatable bonds is 5. The molecule has 0 unspecified atom stereocenters. The maximum atomic E-state index is 12.2. The zero-order chi connectivity index (χ0) is 15.2. The smallest absolute Gasteiger partial charge is 0.257 e. The minimum atomic E-state index is -0.258. The van der Waals surface area contributed by atoms with Crippen molar-refractivity contribution < 1.29 is 4.79 Å². The molecule has 5 heteroatoms.